The van der Waals surface area contributed by atoms with Gasteiger partial charge in [-0.25, -0.2) is 14.1 Å². The van der Waals surface area contributed by atoms with E-state index in [9.17, 15) is 19.6 Å². The number of amides is 1. The molecule has 2 aliphatic heterocycles. The number of carbonyl (C=O) groups is 1. The highest BCUT2D eigenvalue weighted by atomic mass is 19.1. The maximum Gasteiger partial charge on any atom is 0.255 e. The lowest BCUT2D eigenvalue weighted by Crippen LogP contribution is -2.42. The Kier molecular flexibility index (Phi) is 4.87. The number of benzene rings is 1. The predicted molar refractivity (Wildman–Crippen MR) is 115 cm³/mol. The lowest BCUT2D eigenvalue weighted by Gasteiger charge is -2.34. The van der Waals surface area contributed by atoms with Gasteiger partial charge in [0.2, 0.25) is 0 Å². The molecule has 0 spiro atoms. The smallest absolute Gasteiger partial charge is 0.255 e. The van der Waals surface area contributed by atoms with Gasteiger partial charge in [0.25, 0.3) is 5.91 Å². The zero-order chi connectivity index (χ0) is 22.4. The van der Waals surface area contributed by atoms with E-state index >= 15 is 0 Å². The number of nitrogens with one attached hydrogen (secondary N) is 1. The second-order valence-electron chi connectivity index (χ2n) is 8.20. The van der Waals surface area contributed by atoms with E-state index in [1.165, 1.54) is 18.2 Å². The third kappa shape index (κ3) is 3.29. The summed E-state index contributed by atoms with van der Waals surface area (Å²) in [5, 5.41) is 26.9. The van der Waals surface area contributed by atoms with Gasteiger partial charge < -0.3 is 15.3 Å². The van der Waals surface area contributed by atoms with E-state index in [0.717, 1.165) is 5.82 Å². The first kappa shape index (κ1) is 20.2. The van der Waals surface area contributed by atoms with E-state index in [1.807, 2.05) is 19.1 Å². The number of carbonyl (C=O) groups excluding carboxylic acids is 1. The Hall–Kier alpha value is -3.77. The number of hydrogen-bond acceptors (Lipinski definition) is 6. The van der Waals surface area contributed by atoms with Crippen molar-refractivity contribution in [3.63, 3.8) is 0 Å². The highest BCUT2D eigenvalue weighted by molar-refractivity contribution is 6.01. The number of aromatic nitrogens is 3. The Morgan fingerprint density at radius 2 is 2.16 bits per heavy atom. The summed E-state index contributed by atoms with van der Waals surface area (Å²) in [5.74, 6) is 0.0383. The van der Waals surface area contributed by atoms with Crippen molar-refractivity contribution < 1.29 is 14.3 Å². The van der Waals surface area contributed by atoms with Crippen LogP contribution < -0.4 is 10.2 Å². The van der Waals surface area contributed by atoms with Crippen LogP contribution in [0.4, 0.5) is 10.2 Å². The summed E-state index contributed by atoms with van der Waals surface area (Å²) in [6.07, 6.45) is 2.09. The predicted octanol–water partition coefficient (Wildman–Crippen LogP) is 2.40. The highest BCUT2D eigenvalue weighted by Crippen LogP contribution is 2.32. The summed E-state index contributed by atoms with van der Waals surface area (Å²) < 4.78 is 16.3. The first-order valence-corrected chi connectivity index (χ1v) is 10.5. The van der Waals surface area contributed by atoms with Crippen molar-refractivity contribution in [2.45, 2.75) is 26.0 Å². The molecule has 162 valence electrons. The molecular formula is C23H21FN6O2. The number of pyridine rings is 1. The van der Waals surface area contributed by atoms with E-state index in [2.05, 4.69) is 20.3 Å². The normalized spacial score (nSPS) is 20.1. The topological polar surface area (TPSA) is 107 Å². The largest absolute Gasteiger partial charge is 0.393 e. The van der Waals surface area contributed by atoms with Crippen LogP contribution in [0.1, 0.15) is 35.0 Å². The summed E-state index contributed by atoms with van der Waals surface area (Å²) in [6.45, 7) is 3.59. The molecular weight excluding hydrogens is 411 g/mol. The quantitative estimate of drug-likeness (QED) is 0.658. The summed E-state index contributed by atoms with van der Waals surface area (Å²) in [4.78, 5) is 19.1. The molecule has 1 amide bonds. The Labute approximate surface area is 183 Å². The SMILES string of the molecule is CC1CN(c2ccn(-c3cc(-c4c(F)cccc4C#N)nc4c3C(=O)NC4)n2)CCC1O. The van der Waals surface area contributed by atoms with E-state index in [-0.39, 0.29) is 41.3 Å². The number of nitrogens with zero attached hydrogens (tertiary/aromatic N) is 5. The lowest BCUT2D eigenvalue weighted by molar-refractivity contribution is 0.0962. The minimum Gasteiger partial charge on any atom is -0.393 e. The standard InChI is InChI=1S/C23H21FN6O2/c1-13-12-29(7-5-19(13)31)20-6-8-30(28-20)18-9-16(27-17-11-26-23(32)22(17)18)21-14(10-25)3-2-4-15(21)24/h2-4,6,8-9,13,19,31H,5,7,11-12H2,1H3,(H,26,32). The average Bonchev–Trinajstić information content (AvgIpc) is 3.42. The Bertz CT molecular complexity index is 1260. The van der Waals surface area contributed by atoms with Gasteiger partial charge in [0, 0.05) is 25.4 Å². The van der Waals surface area contributed by atoms with Gasteiger partial charge in [-0.1, -0.05) is 13.0 Å². The highest BCUT2D eigenvalue weighted by Gasteiger charge is 2.29. The molecule has 1 saturated heterocycles. The zero-order valence-corrected chi connectivity index (χ0v) is 17.4. The van der Waals surface area contributed by atoms with Crippen LogP contribution in [0, 0.1) is 23.1 Å². The number of anilines is 1. The molecule has 5 rings (SSSR count). The van der Waals surface area contributed by atoms with Crippen LogP contribution in [0.25, 0.3) is 16.9 Å². The second-order valence-corrected chi connectivity index (χ2v) is 8.20. The Morgan fingerprint density at radius 3 is 2.94 bits per heavy atom. The fraction of sp³-hybridized carbons (Fsp3) is 0.304. The minimum atomic E-state index is -0.554. The summed E-state index contributed by atoms with van der Waals surface area (Å²) in [6, 6.07) is 9.77. The van der Waals surface area contributed by atoms with E-state index in [4.69, 9.17) is 0 Å². The monoisotopic (exact) mass is 432 g/mol. The second kappa shape index (κ2) is 7.73. The van der Waals surface area contributed by atoms with Crippen molar-refractivity contribution in [1.29, 1.82) is 5.26 Å². The van der Waals surface area contributed by atoms with Crippen LogP contribution in [0.5, 0.6) is 0 Å². The Morgan fingerprint density at radius 1 is 1.31 bits per heavy atom. The van der Waals surface area contributed by atoms with Gasteiger partial charge in [-0.3, -0.25) is 4.79 Å². The maximum atomic E-state index is 14.7. The number of nitriles is 1. The molecule has 32 heavy (non-hydrogen) atoms. The van der Waals surface area contributed by atoms with Crippen LogP contribution in [0.2, 0.25) is 0 Å². The van der Waals surface area contributed by atoms with Gasteiger partial charge in [-0.2, -0.15) is 10.4 Å². The molecule has 8 nitrogen and oxygen atoms in total. The lowest BCUT2D eigenvalue weighted by atomic mass is 9.97. The van der Waals surface area contributed by atoms with Gasteiger partial charge in [0.15, 0.2) is 5.82 Å². The molecule has 0 saturated carbocycles. The molecule has 2 atom stereocenters. The maximum absolute atomic E-state index is 14.7. The zero-order valence-electron chi connectivity index (χ0n) is 17.4. The number of aliphatic hydroxyl groups is 1. The van der Waals surface area contributed by atoms with Crippen molar-refractivity contribution in [3.05, 3.63) is 59.2 Å². The first-order valence-electron chi connectivity index (χ1n) is 10.5. The first-order chi connectivity index (χ1) is 15.5. The van der Waals surface area contributed by atoms with Crippen LogP contribution in [0.3, 0.4) is 0 Å². The van der Waals surface area contributed by atoms with Crippen molar-refractivity contribution in [3.8, 4) is 23.0 Å². The third-order valence-corrected chi connectivity index (χ3v) is 6.11. The van der Waals surface area contributed by atoms with Gasteiger partial charge in [-0.05, 0) is 30.5 Å². The Balaban J connectivity index is 1.61. The molecule has 0 bridgehead atoms. The van der Waals surface area contributed by atoms with Crippen LogP contribution in [-0.4, -0.2) is 45.0 Å². The van der Waals surface area contributed by atoms with Crippen molar-refractivity contribution >= 4 is 11.7 Å². The summed E-state index contributed by atoms with van der Waals surface area (Å²) >= 11 is 0. The molecule has 1 aromatic carbocycles. The van der Waals surface area contributed by atoms with Crippen LogP contribution in [0.15, 0.2) is 36.5 Å². The molecule has 9 heteroatoms. The number of fused-ring (bicyclic) bond motifs is 1. The molecule has 2 aliphatic rings. The summed E-state index contributed by atoms with van der Waals surface area (Å²) in [7, 11) is 0. The number of halogens is 1. The molecule has 2 aromatic heterocycles. The molecule has 0 radical (unpaired) electrons. The van der Waals surface area contributed by atoms with E-state index in [1.54, 1.807) is 16.9 Å². The van der Waals surface area contributed by atoms with Crippen LogP contribution in [-0.2, 0) is 6.54 Å². The molecule has 2 N–H and O–H groups in total. The number of rotatable bonds is 3. The molecule has 2 unspecified atom stereocenters. The van der Waals surface area contributed by atoms with Crippen molar-refractivity contribution in [1.82, 2.24) is 20.1 Å². The molecule has 0 aliphatic carbocycles. The number of aliphatic hydroxyl groups excluding tert-OH is 1. The van der Waals surface area contributed by atoms with Crippen LogP contribution >= 0.6 is 0 Å². The van der Waals surface area contributed by atoms with Crippen molar-refractivity contribution in [2.75, 3.05) is 18.0 Å². The van der Waals surface area contributed by atoms with Gasteiger partial charge in [0.1, 0.15) is 5.82 Å². The minimum absolute atomic E-state index is 0.102. The van der Waals surface area contributed by atoms with Gasteiger partial charge in [0.05, 0.1) is 52.5 Å². The van der Waals surface area contributed by atoms with E-state index in [0.29, 0.717) is 36.5 Å². The van der Waals surface area contributed by atoms with Gasteiger partial charge in [-0.15, -0.1) is 0 Å². The fourth-order valence-corrected chi connectivity index (χ4v) is 4.36. The third-order valence-electron chi connectivity index (χ3n) is 6.11. The van der Waals surface area contributed by atoms with Crippen molar-refractivity contribution in [2.24, 2.45) is 5.92 Å². The van der Waals surface area contributed by atoms with E-state index < -0.39 is 5.82 Å². The molecule has 4 heterocycles. The average molecular weight is 432 g/mol. The molecule has 1 fully saturated rings. The molecule has 3 aromatic rings. The van der Waals surface area contributed by atoms with Gasteiger partial charge >= 0.3 is 0 Å². The summed E-state index contributed by atoms with van der Waals surface area (Å²) in [5.41, 5.74) is 1.90. The fourth-order valence-electron chi connectivity index (χ4n) is 4.36. The number of piperidine rings is 1. The number of hydrogen-bond donors (Lipinski definition) is 2.